The first-order valence-electron chi connectivity index (χ1n) is 9.18. The van der Waals surface area contributed by atoms with Crippen molar-refractivity contribution >= 4 is 17.7 Å². The molecule has 0 rings (SSSR count). The Bertz CT molecular complexity index is 370. The Balaban J connectivity index is 3.58. The molecule has 0 aliphatic heterocycles. The highest BCUT2D eigenvalue weighted by Gasteiger charge is 2.26. The van der Waals surface area contributed by atoms with Crippen molar-refractivity contribution in [2.75, 3.05) is 6.61 Å². The van der Waals surface area contributed by atoms with Crippen molar-refractivity contribution < 1.29 is 24.6 Å². The zero-order valence-corrected chi connectivity index (χ0v) is 14.9. The molecular formula is C18H33NO5. The van der Waals surface area contributed by atoms with E-state index < -0.39 is 30.3 Å². The summed E-state index contributed by atoms with van der Waals surface area (Å²) in [5.41, 5.74) is 0. The number of unbranched alkanes of at least 4 members (excludes halogenated alkanes) is 10. The van der Waals surface area contributed by atoms with E-state index in [4.69, 9.17) is 10.2 Å². The number of aliphatic hydroxyl groups is 1. The van der Waals surface area contributed by atoms with Crippen LogP contribution in [0.4, 0.5) is 0 Å². The van der Waals surface area contributed by atoms with Crippen LogP contribution >= 0.6 is 0 Å². The molecule has 0 bridgehead atoms. The lowest BCUT2D eigenvalue weighted by atomic mass is 10.1. The van der Waals surface area contributed by atoms with E-state index in [1.54, 1.807) is 0 Å². The molecule has 0 aromatic heterocycles. The van der Waals surface area contributed by atoms with Crippen molar-refractivity contribution in [2.24, 2.45) is 0 Å². The molecule has 6 heteroatoms. The third kappa shape index (κ3) is 12.0. The first kappa shape index (κ1) is 22.6. The van der Waals surface area contributed by atoms with Crippen LogP contribution in [-0.2, 0) is 14.4 Å². The van der Waals surface area contributed by atoms with E-state index in [1.165, 1.54) is 44.9 Å². The molecule has 140 valence electrons. The van der Waals surface area contributed by atoms with Gasteiger partial charge in [0.2, 0.25) is 5.91 Å². The van der Waals surface area contributed by atoms with Gasteiger partial charge in [0.1, 0.15) is 6.61 Å². The van der Waals surface area contributed by atoms with E-state index in [9.17, 15) is 14.4 Å². The largest absolute Gasteiger partial charge is 0.479 e. The van der Waals surface area contributed by atoms with Gasteiger partial charge in [-0.1, -0.05) is 71.1 Å². The maximum Gasteiger partial charge on any atom is 0.334 e. The molecule has 3 N–H and O–H groups in total. The number of rotatable bonds is 16. The molecule has 0 aliphatic rings. The average molecular weight is 343 g/mol. The van der Waals surface area contributed by atoms with Gasteiger partial charge < -0.3 is 15.5 Å². The molecule has 0 unspecified atom stereocenters. The summed E-state index contributed by atoms with van der Waals surface area (Å²) in [7, 11) is 0. The summed E-state index contributed by atoms with van der Waals surface area (Å²) in [6, 6.07) is -1.64. The average Bonchev–Trinajstić information content (AvgIpc) is 2.56. The topological polar surface area (TPSA) is 104 Å². The van der Waals surface area contributed by atoms with Gasteiger partial charge >= 0.3 is 5.97 Å². The Hall–Kier alpha value is -1.43. The predicted molar refractivity (Wildman–Crippen MR) is 92.7 cm³/mol. The number of carboxylic acid groups (broad SMARTS) is 1. The number of amides is 1. The lowest BCUT2D eigenvalue weighted by Gasteiger charge is -2.12. The van der Waals surface area contributed by atoms with Gasteiger partial charge in [0.15, 0.2) is 11.8 Å². The Labute approximate surface area is 145 Å². The van der Waals surface area contributed by atoms with Crippen molar-refractivity contribution in [2.45, 2.75) is 90.0 Å². The standard InChI is InChI=1S/C18H33NO5/c1-2-3-4-5-6-7-8-9-10-11-12-13-16(22)19-17(18(23)24)15(21)14-20/h17,20H,2-14H2,1H3,(H,19,22)(H,23,24)/t17-/m0/s1. The molecule has 1 atom stereocenters. The van der Waals surface area contributed by atoms with Crippen LogP contribution in [0, 0.1) is 0 Å². The molecule has 0 saturated heterocycles. The van der Waals surface area contributed by atoms with Gasteiger partial charge in [-0.3, -0.25) is 9.59 Å². The Kier molecular flexibility index (Phi) is 14.2. The first-order valence-corrected chi connectivity index (χ1v) is 9.18. The normalized spacial score (nSPS) is 11.9. The Morgan fingerprint density at radius 3 is 1.71 bits per heavy atom. The van der Waals surface area contributed by atoms with E-state index >= 15 is 0 Å². The third-order valence-corrected chi connectivity index (χ3v) is 4.04. The van der Waals surface area contributed by atoms with Gasteiger partial charge in [-0.05, 0) is 6.42 Å². The van der Waals surface area contributed by atoms with Gasteiger partial charge in [0.05, 0.1) is 0 Å². The van der Waals surface area contributed by atoms with Gasteiger partial charge in [-0.25, -0.2) is 4.79 Å². The van der Waals surface area contributed by atoms with Crippen LogP contribution in [0.15, 0.2) is 0 Å². The second-order valence-electron chi connectivity index (χ2n) is 6.25. The molecule has 0 aromatic rings. The fraction of sp³-hybridized carbons (Fsp3) is 0.833. The monoisotopic (exact) mass is 343 g/mol. The smallest absolute Gasteiger partial charge is 0.334 e. The fourth-order valence-electron chi connectivity index (χ4n) is 2.55. The number of nitrogens with one attached hydrogen (secondary N) is 1. The van der Waals surface area contributed by atoms with E-state index in [0.717, 1.165) is 19.3 Å². The van der Waals surface area contributed by atoms with Gasteiger partial charge in [-0.2, -0.15) is 0 Å². The Morgan fingerprint density at radius 2 is 1.29 bits per heavy atom. The maximum atomic E-state index is 11.6. The molecule has 0 heterocycles. The first-order chi connectivity index (χ1) is 11.5. The van der Waals surface area contributed by atoms with E-state index in [-0.39, 0.29) is 6.42 Å². The molecule has 0 saturated carbocycles. The second kappa shape index (κ2) is 15.1. The number of ketones is 1. The van der Waals surface area contributed by atoms with Crippen molar-refractivity contribution in [1.29, 1.82) is 0 Å². The predicted octanol–water partition coefficient (Wildman–Crippen LogP) is 2.82. The van der Waals surface area contributed by atoms with Crippen LogP contribution in [-0.4, -0.2) is 40.5 Å². The van der Waals surface area contributed by atoms with Gasteiger partial charge in [0.25, 0.3) is 0 Å². The number of hydrogen-bond donors (Lipinski definition) is 3. The highest BCUT2D eigenvalue weighted by Crippen LogP contribution is 2.11. The minimum atomic E-state index is -1.64. The molecular weight excluding hydrogens is 310 g/mol. The van der Waals surface area contributed by atoms with Crippen LogP contribution < -0.4 is 5.32 Å². The number of carbonyl (C=O) groups is 3. The van der Waals surface area contributed by atoms with Crippen LogP contribution in [0.3, 0.4) is 0 Å². The molecule has 0 radical (unpaired) electrons. The maximum absolute atomic E-state index is 11.6. The van der Waals surface area contributed by atoms with Crippen molar-refractivity contribution in [1.82, 2.24) is 5.32 Å². The molecule has 6 nitrogen and oxygen atoms in total. The summed E-state index contributed by atoms with van der Waals surface area (Å²) >= 11 is 0. The highest BCUT2D eigenvalue weighted by molar-refractivity contribution is 6.05. The van der Waals surface area contributed by atoms with E-state index in [1.807, 2.05) is 0 Å². The third-order valence-electron chi connectivity index (χ3n) is 4.04. The molecule has 24 heavy (non-hydrogen) atoms. The van der Waals surface area contributed by atoms with Crippen molar-refractivity contribution in [3.05, 3.63) is 0 Å². The lowest BCUT2D eigenvalue weighted by molar-refractivity contribution is -0.146. The number of carbonyl (C=O) groups excluding carboxylic acids is 2. The zero-order valence-electron chi connectivity index (χ0n) is 14.9. The number of carboxylic acids is 1. The van der Waals surface area contributed by atoms with Crippen LogP contribution in [0.2, 0.25) is 0 Å². The SMILES string of the molecule is CCCCCCCCCCCCCC(=O)N[C@H](C(=O)O)C(=O)CO. The van der Waals surface area contributed by atoms with E-state index in [2.05, 4.69) is 12.2 Å². The summed E-state index contributed by atoms with van der Waals surface area (Å²) in [6.07, 6.45) is 13.1. The molecule has 0 aromatic carbocycles. The molecule has 0 aliphatic carbocycles. The molecule has 1 amide bonds. The highest BCUT2D eigenvalue weighted by atomic mass is 16.4. The number of Topliss-reactive ketones (excluding diaryl/α,β-unsaturated/α-hetero) is 1. The summed E-state index contributed by atoms with van der Waals surface area (Å²) in [4.78, 5) is 33.7. The van der Waals surface area contributed by atoms with Crippen LogP contribution in [0.1, 0.15) is 84.0 Å². The summed E-state index contributed by atoms with van der Waals surface area (Å²) in [5.74, 6) is -2.81. The van der Waals surface area contributed by atoms with Crippen molar-refractivity contribution in [3.63, 3.8) is 0 Å². The van der Waals surface area contributed by atoms with Crippen LogP contribution in [0.25, 0.3) is 0 Å². The molecule has 0 spiro atoms. The second-order valence-corrected chi connectivity index (χ2v) is 6.25. The number of hydrogen-bond acceptors (Lipinski definition) is 4. The number of aliphatic hydroxyl groups excluding tert-OH is 1. The van der Waals surface area contributed by atoms with E-state index in [0.29, 0.717) is 6.42 Å². The minimum absolute atomic E-state index is 0.208. The molecule has 0 fully saturated rings. The summed E-state index contributed by atoms with van der Waals surface area (Å²) in [5, 5.41) is 19.7. The minimum Gasteiger partial charge on any atom is -0.479 e. The van der Waals surface area contributed by atoms with Gasteiger partial charge in [0, 0.05) is 6.42 Å². The number of aliphatic carboxylic acids is 1. The zero-order chi connectivity index (χ0) is 18.2. The van der Waals surface area contributed by atoms with Crippen molar-refractivity contribution in [3.8, 4) is 0 Å². The lowest BCUT2D eigenvalue weighted by Crippen LogP contribution is -2.47. The fourth-order valence-corrected chi connectivity index (χ4v) is 2.55. The van der Waals surface area contributed by atoms with Crippen LogP contribution in [0.5, 0.6) is 0 Å². The summed E-state index contributed by atoms with van der Waals surface area (Å²) in [6.45, 7) is 1.32. The van der Waals surface area contributed by atoms with Gasteiger partial charge in [-0.15, -0.1) is 0 Å². The summed E-state index contributed by atoms with van der Waals surface area (Å²) < 4.78 is 0. The quantitative estimate of drug-likeness (QED) is 0.295. The Morgan fingerprint density at radius 1 is 0.833 bits per heavy atom.